The minimum absolute atomic E-state index is 0.398. The first-order chi connectivity index (χ1) is 6.22. The second kappa shape index (κ2) is 4.68. The summed E-state index contributed by atoms with van der Waals surface area (Å²) < 4.78 is 1.91. The molecule has 0 spiro atoms. The Labute approximate surface area is 78.9 Å². The lowest BCUT2D eigenvalue weighted by Crippen LogP contribution is -2.04. The van der Waals surface area contributed by atoms with Crippen LogP contribution >= 0.6 is 0 Å². The molecule has 3 nitrogen and oxygen atoms in total. The fourth-order valence-electron chi connectivity index (χ4n) is 1.06. The average molecular weight is 177 g/mol. The van der Waals surface area contributed by atoms with Crippen LogP contribution in [0.5, 0.6) is 0 Å². The summed E-state index contributed by atoms with van der Waals surface area (Å²) in [4.78, 5) is 0. The van der Waals surface area contributed by atoms with Gasteiger partial charge in [-0.1, -0.05) is 25.7 Å². The molecule has 0 unspecified atom stereocenters. The molecule has 1 rings (SSSR count). The smallest absolute Gasteiger partial charge is 0.0646 e. The molecule has 0 radical (unpaired) electrons. The van der Waals surface area contributed by atoms with Gasteiger partial charge in [-0.2, -0.15) is 5.10 Å². The molecule has 0 atom stereocenters. The summed E-state index contributed by atoms with van der Waals surface area (Å²) in [6, 6.07) is 0. The molecular weight excluding hydrogens is 162 g/mol. The van der Waals surface area contributed by atoms with Gasteiger partial charge in [0.15, 0.2) is 0 Å². The largest absolute Gasteiger partial charge is 0.320 e. The number of hydrogen-bond donors (Lipinski definition) is 1. The van der Waals surface area contributed by atoms with Gasteiger partial charge in [-0.05, 0) is 5.92 Å². The Morgan fingerprint density at radius 2 is 2.38 bits per heavy atom. The number of nitrogens with two attached hydrogens (primary N) is 1. The minimum Gasteiger partial charge on any atom is -0.320 e. The molecule has 70 valence electrons. The zero-order chi connectivity index (χ0) is 9.68. The summed E-state index contributed by atoms with van der Waals surface area (Å²) in [7, 11) is 0. The predicted octanol–water partition coefficient (Wildman–Crippen LogP) is 0.849. The van der Waals surface area contributed by atoms with Crippen LogP contribution in [0.25, 0.3) is 0 Å². The molecular formula is C10H15N3. The maximum atomic E-state index is 5.26. The second-order valence-electron chi connectivity index (χ2n) is 3.35. The zero-order valence-corrected chi connectivity index (χ0v) is 8.12. The van der Waals surface area contributed by atoms with E-state index >= 15 is 0 Å². The SMILES string of the molecule is CC(C)Cn1cc(C#CCN)cn1. The highest BCUT2D eigenvalue weighted by Crippen LogP contribution is 2.00. The van der Waals surface area contributed by atoms with Gasteiger partial charge in [-0.3, -0.25) is 4.68 Å². The van der Waals surface area contributed by atoms with E-state index in [2.05, 4.69) is 30.8 Å². The van der Waals surface area contributed by atoms with Crippen LogP contribution in [0, 0.1) is 17.8 Å². The lowest BCUT2D eigenvalue weighted by molar-refractivity contribution is 0.483. The van der Waals surface area contributed by atoms with E-state index in [9.17, 15) is 0 Å². The highest BCUT2D eigenvalue weighted by molar-refractivity contribution is 5.29. The Hall–Kier alpha value is -1.27. The molecule has 0 bridgehead atoms. The van der Waals surface area contributed by atoms with E-state index < -0.39 is 0 Å². The molecule has 0 saturated heterocycles. The van der Waals surface area contributed by atoms with Crippen molar-refractivity contribution in [1.82, 2.24) is 9.78 Å². The topological polar surface area (TPSA) is 43.8 Å². The Bertz CT molecular complexity index is 314. The van der Waals surface area contributed by atoms with Crippen molar-refractivity contribution in [3.05, 3.63) is 18.0 Å². The number of aromatic nitrogens is 2. The van der Waals surface area contributed by atoms with E-state index in [4.69, 9.17) is 5.73 Å². The van der Waals surface area contributed by atoms with Crippen LogP contribution in [0.1, 0.15) is 19.4 Å². The third-order valence-corrected chi connectivity index (χ3v) is 1.52. The lowest BCUT2D eigenvalue weighted by Gasteiger charge is -2.02. The third kappa shape index (κ3) is 3.30. The summed E-state index contributed by atoms with van der Waals surface area (Å²) >= 11 is 0. The normalized spacial score (nSPS) is 9.85. The summed E-state index contributed by atoms with van der Waals surface area (Å²) in [5.74, 6) is 6.34. The van der Waals surface area contributed by atoms with Crippen molar-refractivity contribution in [3.8, 4) is 11.8 Å². The highest BCUT2D eigenvalue weighted by atomic mass is 15.3. The van der Waals surface area contributed by atoms with Gasteiger partial charge >= 0.3 is 0 Å². The van der Waals surface area contributed by atoms with Gasteiger partial charge in [0.25, 0.3) is 0 Å². The van der Waals surface area contributed by atoms with Crippen LogP contribution in [0.4, 0.5) is 0 Å². The first kappa shape index (κ1) is 9.82. The van der Waals surface area contributed by atoms with Gasteiger partial charge in [-0.25, -0.2) is 0 Å². The van der Waals surface area contributed by atoms with Crippen molar-refractivity contribution in [3.63, 3.8) is 0 Å². The second-order valence-corrected chi connectivity index (χ2v) is 3.35. The van der Waals surface area contributed by atoms with Gasteiger partial charge in [0, 0.05) is 12.7 Å². The summed E-state index contributed by atoms with van der Waals surface area (Å²) in [5.41, 5.74) is 6.20. The van der Waals surface area contributed by atoms with Crippen molar-refractivity contribution < 1.29 is 0 Å². The number of nitrogens with zero attached hydrogens (tertiary/aromatic N) is 2. The van der Waals surface area contributed by atoms with Crippen LogP contribution in [-0.2, 0) is 6.54 Å². The Balaban J connectivity index is 2.63. The molecule has 0 aliphatic rings. The fraction of sp³-hybridized carbons (Fsp3) is 0.500. The molecule has 1 aromatic rings. The van der Waals surface area contributed by atoms with Gasteiger partial charge < -0.3 is 5.73 Å². The first-order valence-electron chi connectivity index (χ1n) is 4.43. The Kier molecular flexibility index (Phi) is 3.53. The molecule has 3 heteroatoms. The molecule has 0 amide bonds. The van der Waals surface area contributed by atoms with Crippen molar-refractivity contribution in [2.45, 2.75) is 20.4 Å². The number of rotatable bonds is 2. The van der Waals surface area contributed by atoms with E-state index in [0.717, 1.165) is 12.1 Å². The standard InChI is InChI=1S/C10H15N3/c1-9(2)7-13-8-10(6-12-13)4-3-5-11/h6,8-9H,5,7,11H2,1-2H3. The zero-order valence-electron chi connectivity index (χ0n) is 8.12. The van der Waals surface area contributed by atoms with E-state index in [1.165, 1.54) is 0 Å². The van der Waals surface area contributed by atoms with Gasteiger partial charge in [0.05, 0.1) is 18.3 Å². The van der Waals surface area contributed by atoms with Gasteiger partial charge in [0.1, 0.15) is 0 Å². The number of hydrogen-bond acceptors (Lipinski definition) is 2. The molecule has 0 aromatic carbocycles. The van der Waals surface area contributed by atoms with Crippen molar-refractivity contribution in [2.75, 3.05) is 6.54 Å². The maximum absolute atomic E-state index is 5.26. The molecule has 13 heavy (non-hydrogen) atoms. The van der Waals surface area contributed by atoms with E-state index in [-0.39, 0.29) is 0 Å². The molecule has 0 saturated carbocycles. The monoisotopic (exact) mass is 177 g/mol. The molecule has 1 aromatic heterocycles. The summed E-state index contributed by atoms with van der Waals surface area (Å²) in [5, 5.41) is 4.18. The van der Waals surface area contributed by atoms with Crippen molar-refractivity contribution >= 4 is 0 Å². The summed E-state index contributed by atoms with van der Waals surface area (Å²) in [6.07, 6.45) is 3.72. The van der Waals surface area contributed by atoms with Crippen LogP contribution < -0.4 is 5.73 Å². The van der Waals surface area contributed by atoms with Gasteiger partial charge in [-0.15, -0.1) is 0 Å². The van der Waals surface area contributed by atoms with Crippen LogP contribution in [0.2, 0.25) is 0 Å². The fourth-order valence-corrected chi connectivity index (χ4v) is 1.06. The van der Waals surface area contributed by atoms with Crippen LogP contribution in [-0.4, -0.2) is 16.3 Å². The van der Waals surface area contributed by atoms with Crippen molar-refractivity contribution in [1.29, 1.82) is 0 Å². The average Bonchev–Trinajstić information content (AvgIpc) is 2.48. The summed E-state index contributed by atoms with van der Waals surface area (Å²) in [6.45, 7) is 5.65. The minimum atomic E-state index is 0.398. The van der Waals surface area contributed by atoms with E-state index in [0.29, 0.717) is 12.5 Å². The highest BCUT2D eigenvalue weighted by Gasteiger charge is 1.97. The quantitative estimate of drug-likeness (QED) is 0.681. The first-order valence-corrected chi connectivity index (χ1v) is 4.43. The third-order valence-electron chi connectivity index (χ3n) is 1.52. The van der Waals surface area contributed by atoms with Crippen LogP contribution in [0.15, 0.2) is 12.4 Å². The maximum Gasteiger partial charge on any atom is 0.0646 e. The Morgan fingerprint density at radius 3 is 3.00 bits per heavy atom. The molecule has 2 N–H and O–H groups in total. The Morgan fingerprint density at radius 1 is 1.62 bits per heavy atom. The molecule has 0 aliphatic heterocycles. The predicted molar refractivity (Wildman–Crippen MR) is 53.0 cm³/mol. The van der Waals surface area contributed by atoms with E-state index in [1.54, 1.807) is 6.20 Å². The van der Waals surface area contributed by atoms with Crippen LogP contribution in [0.3, 0.4) is 0 Å². The van der Waals surface area contributed by atoms with E-state index in [1.807, 2.05) is 10.9 Å². The molecule has 0 aliphatic carbocycles. The van der Waals surface area contributed by atoms with Crippen molar-refractivity contribution in [2.24, 2.45) is 11.7 Å². The molecule has 1 heterocycles. The molecule has 0 fully saturated rings. The lowest BCUT2D eigenvalue weighted by atomic mass is 10.2. The van der Waals surface area contributed by atoms with Gasteiger partial charge in [0.2, 0.25) is 0 Å².